The van der Waals surface area contributed by atoms with Gasteiger partial charge in [0.15, 0.2) is 17.4 Å². The molecule has 0 atom stereocenters. The molecule has 0 unspecified atom stereocenters. The number of halogens is 3. The first kappa shape index (κ1) is 13.5. The van der Waals surface area contributed by atoms with Crippen molar-refractivity contribution in [2.75, 3.05) is 0 Å². The summed E-state index contributed by atoms with van der Waals surface area (Å²) in [6.45, 7) is 0. The van der Waals surface area contributed by atoms with Crippen molar-refractivity contribution in [3.63, 3.8) is 0 Å². The summed E-state index contributed by atoms with van der Waals surface area (Å²) in [5.41, 5.74) is 0.935. The quantitative estimate of drug-likeness (QED) is 0.778. The number of rotatable bonds is 3. The van der Waals surface area contributed by atoms with E-state index in [0.717, 1.165) is 0 Å². The Labute approximate surface area is 117 Å². The SMILES string of the molecule is N#Cc1ccc(Oc2c(F)cc(CBr)cc2F)cc1. The molecule has 19 heavy (non-hydrogen) atoms. The smallest absolute Gasteiger partial charge is 0.198 e. The Morgan fingerprint density at radius 2 is 1.68 bits per heavy atom. The van der Waals surface area contributed by atoms with E-state index in [2.05, 4.69) is 15.9 Å². The lowest BCUT2D eigenvalue weighted by Crippen LogP contribution is -1.94. The van der Waals surface area contributed by atoms with Gasteiger partial charge in [-0.05, 0) is 42.0 Å². The predicted octanol–water partition coefficient (Wildman–Crippen LogP) is 4.52. The van der Waals surface area contributed by atoms with Crippen LogP contribution < -0.4 is 4.74 Å². The molecule has 2 rings (SSSR count). The minimum atomic E-state index is -0.765. The molecule has 0 aliphatic heterocycles. The first-order valence-corrected chi connectivity index (χ1v) is 6.48. The van der Waals surface area contributed by atoms with E-state index in [4.69, 9.17) is 10.00 Å². The van der Waals surface area contributed by atoms with Crippen LogP contribution in [0.25, 0.3) is 0 Å². The number of alkyl halides is 1. The highest BCUT2D eigenvalue weighted by molar-refractivity contribution is 9.08. The summed E-state index contributed by atoms with van der Waals surface area (Å²) in [6.07, 6.45) is 0. The topological polar surface area (TPSA) is 33.0 Å². The van der Waals surface area contributed by atoms with Crippen molar-refractivity contribution in [2.24, 2.45) is 0 Å². The van der Waals surface area contributed by atoms with E-state index in [-0.39, 0.29) is 5.75 Å². The fourth-order valence-electron chi connectivity index (χ4n) is 1.50. The molecule has 0 heterocycles. The van der Waals surface area contributed by atoms with Gasteiger partial charge >= 0.3 is 0 Å². The lowest BCUT2D eigenvalue weighted by Gasteiger charge is -2.09. The first-order valence-electron chi connectivity index (χ1n) is 5.36. The summed E-state index contributed by atoms with van der Waals surface area (Å²) in [7, 11) is 0. The van der Waals surface area contributed by atoms with Gasteiger partial charge in [0.25, 0.3) is 0 Å². The molecule has 0 radical (unpaired) electrons. The molecule has 2 aromatic carbocycles. The number of hydrogen-bond donors (Lipinski definition) is 0. The van der Waals surface area contributed by atoms with Crippen molar-refractivity contribution >= 4 is 15.9 Å². The second-order valence-electron chi connectivity index (χ2n) is 3.76. The molecule has 5 heteroatoms. The summed E-state index contributed by atoms with van der Waals surface area (Å²) in [5, 5.41) is 9.01. The summed E-state index contributed by atoms with van der Waals surface area (Å²) in [6, 6.07) is 10.3. The van der Waals surface area contributed by atoms with Crippen LogP contribution in [0.15, 0.2) is 36.4 Å². The molecule has 96 valence electrons. The second kappa shape index (κ2) is 5.81. The van der Waals surface area contributed by atoms with Gasteiger partial charge < -0.3 is 4.74 Å². The van der Waals surface area contributed by atoms with Crippen molar-refractivity contribution in [1.82, 2.24) is 0 Å². The van der Waals surface area contributed by atoms with E-state index >= 15 is 0 Å². The number of hydrogen-bond acceptors (Lipinski definition) is 2. The molecule has 0 aliphatic rings. The van der Waals surface area contributed by atoms with E-state index in [9.17, 15) is 8.78 Å². The Kier molecular flexibility index (Phi) is 4.13. The molecule has 0 aliphatic carbocycles. The van der Waals surface area contributed by atoms with Gasteiger partial charge in [0.1, 0.15) is 5.75 Å². The molecule has 2 nitrogen and oxygen atoms in total. The van der Waals surface area contributed by atoms with Crippen molar-refractivity contribution in [3.8, 4) is 17.6 Å². The van der Waals surface area contributed by atoms with Gasteiger partial charge in [-0.1, -0.05) is 15.9 Å². The fraction of sp³-hybridized carbons (Fsp3) is 0.0714. The van der Waals surface area contributed by atoms with Gasteiger partial charge in [-0.3, -0.25) is 0 Å². The highest BCUT2D eigenvalue weighted by atomic mass is 79.9. The Morgan fingerprint density at radius 1 is 1.11 bits per heavy atom. The molecule has 0 N–H and O–H groups in total. The van der Waals surface area contributed by atoms with Gasteiger partial charge in [-0.25, -0.2) is 8.78 Å². The largest absolute Gasteiger partial charge is 0.451 e. The fourth-order valence-corrected chi connectivity index (χ4v) is 1.83. The van der Waals surface area contributed by atoms with Gasteiger partial charge in [-0.15, -0.1) is 0 Å². The van der Waals surface area contributed by atoms with E-state index in [1.165, 1.54) is 36.4 Å². The van der Waals surface area contributed by atoms with Gasteiger partial charge in [-0.2, -0.15) is 5.26 Å². The van der Waals surface area contributed by atoms with Crippen molar-refractivity contribution < 1.29 is 13.5 Å². The molecule has 0 fully saturated rings. The maximum absolute atomic E-state index is 13.7. The first-order chi connectivity index (χ1) is 9.13. The summed E-state index contributed by atoms with van der Waals surface area (Å²) in [4.78, 5) is 0. The molecule has 0 spiro atoms. The molecule has 0 bridgehead atoms. The Bertz CT molecular complexity index is 612. The second-order valence-corrected chi connectivity index (χ2v) is 4.32. The summed E-state index contributed by atoms with van der Waals surface area (Å²) in [5.74, 6) is -1.71. The summed E-state index contributed by atoms with van der Waals surface area (Å²) >= 11 is 3.13. The highest BCUT2D eigenvalue weighted by Gasteiger charge is 2.13. The number of nitrogens with zero attached hydrogens (tertiary/aromatic N) is 1. The van der Waals surface area contributed by atoms with E-state index in [1.807, 2.05) is 6.07 Å². The minimum Gasteiger partial charge on any atom is -0.451 e. The zero-order valence-corrected chi connectivity index (χ0v) is 11.2. The maximum Gasteiger partial charge on any atom is 0.198 e. The van der Waals surface area contributed by atoms with Crippen LogP contribution in [0.1, 0.15) is 11.1 Å². The number of benzene rings is 2. The van der Waals surface area contributed by atoms with Crippen LogP contribution in [0.5, 0.6) is 11.5 Å². The molecular weight excluding hydrogens is 316 g/mol. The van der Waals surface area contributed by atoms with Crippen molar-refractivity contribution in [2.45, 2.75) is 5.33 Å². The Balaban J connectivity index is 2.30. The van der Waals surface area contributed by atoms with Crippen molar-refractivity contribution in [3.05, 3.63) is 59.2 Å². The zero-order valence-electron chi connectivity index (χ0n) is 9.66. The van der Waals surface area contributed by atoms with Crippen LogP contribution >= 0.6 is 15.9 Å². The maximum atomic E-state index is 13.7. The molecular formula is C14H8BrF2NO. The molecule has 2 aromatic rings. The average Bonchev–Trinajstić information content (AvgIpc) is 2.43. The third-order valence-electron chi connectivity index (χ3n) is 2.42. The molecule has 0 saturated carbocycles. The van der Waals surface area contributed by atoms with Crippen LogP contribution in [-0.4, -0.2) is 0 Å². The van der Waals surface area contributed by atoms with Gasteiger partial charge in [0.2, 0.25) is 0 Å². The average molecular weight is 324 g/mol. The van der Waals surface area contributed by atoms with Crippen LogP contribution in [0.4, 0.5) is 8.78 Å². The zero-order chi connectivity index (χ0) is 13.8. The monoisotopic (exact) mass is 323 g/mol. The van der Waals surface area contributed by atoms with E-state index in [1.54, 1.807) is 0 Å². The van der Waals surface area contributed by atoms with Crippen molar-refractivity contribution in [1.29, 1.82) is 5.26 Å². The predicted molar refractivity (Wildman–Crippen MR) is 70.2 cm³/mol. The van der Waals surface area contributed by atoms with Crippen LogP contribution in [0.3, 0.4) is 0 Å². The van der Waals surface area contributed by atoms with Crippen LogP contribution in [0.2, 0.25) is 0 Å². The summed E-state index contributed by atoms with van der Waals surface area (Å²) < 4.78 is 32.5. The van der Waals surface area contributed by atoms with Crippen LogP contribution in [0, 0.1) is 23.0 Å². The van der Waals surface area contributed by atoms with E-state index < -0.39 is 17.4 Å². The minimum absolute atomic E-state index is 0.267. The third kappa shape index (κ3) is 3.09. The lowest BCUT2D eigenvalue weighted by atomic mass is 10.2. The number of ether oxygens (including phenoxy) is 1. The normalized spacial score (nSPS) is 10.0. The molecule has 0 saturated heterocycles. The van der Waals surface area contributed by atoms with E-state index in [0.29, 0.717) is 16.5 Å². The Morgan fingerprint density at radius 3 is 2.16 bits per heavy atom. The number of nitriles is 1. The lowest BCUT2D eigenvalue weighted by molar-refractivity contribution is 0.407. The Hall–Kier alpha value is -1.93. The van der Waals surface area contributed by atoms with Gasteiger partial charge in [0, 0.05) is 5.33 Å². The third-order valence-corrected chi connectivity index (χ3v) is 3.06. The van der Waals surface area contributed by atoms with Gasteiger partial charge in [0.05, 0.1) is 11.6 Å². The highest BCUT2D eigenvalue weighted by Crippen LogP contribution is 2.29. The molecule has 0 amide bonds. The van der Waals surface area contributed by atoms with Crippen LogP contribution in [-0.2, 0) is 5.33 Å². The standard InChI is InChI=1S/C14H8BrF2NO/c15-7-10-5-12(16)14(13(17)6-10)19-11-3-1-9(8-18)2-4-11/h1-6H,7H2. The molecule has 0 aromatic heterocycles.